The van der Waals surface area contributed by atoms with Crippen LogP contribution in [0.3, 0.4) is 0 Å². The lowest BCUT2D eigenvalue weighted by molar-refractivity contribution is -0.384. The summed E-state index contributed by atoms with van der Waals surface area (Å²) in [5, 5.41) is 14.4. The number of nitro benzene ring substituents is 1. The molecule has 0 saturated heterocycles. The molecule has 1 aromatic heterocycles. The standard InChI is InChI=1S/C25H20N2O6/c1-15-4-3-5-22(16(15)2)26-24(28)14-32-19-10-11-20-21(13-25(29)33-23(20)12-19)17-6-8-18(9-7-17)27(30)31/h3-13H,14H2,1-2H3,(H,26,28). The number of ether oxygens (including phenoxy) is 1. The summed E-state index contributed by atoms with van der Waals surface area (Å²) in [5.74, 6) is 0.0486. The molecule has 1 N–H and O–H groups in total. The maximum atomic E-state index is 12.3. The van der Waals surface area contributed by atoms with Crippen molar-refractivity contribution in [1.82, 2.24) is 0 Å². The van der Waals surface area contributed by atoms with E-state index < -0.39 is 10.5 Å². The molecule has 1 amide bonds. The van der Waals surface area contributed by atoms with Crippen LogP contribution in [0.15, 0.2) is 75.9 Å². The van der Waals surface area contributed by atoms with Crippen molar-refractivity contribution in [2.24, 2.45) is 0 Å². The van der Waals surface area contributed by atoms with E-state index in [1.165, 1.54) is 24.3 Å². The van der Waals surface area contributed by atoms with Gasteiger partial charge in [0, 0.05) is 35.3 Å². The molecule has 166 valence electrons. The number of nitrogens with zero attached hydrogens (tertiary/aromatic N) is 1. The lowest BCUT2D eigenvalue weighted by Gasteiger charge is -2.12. The van der Waals surface area contributed by atoms with E-state index in [-0.39, 0.29) is 23.8 Å². The number of benzene rings is 3. The highest BCUT2D eigenvalue weighted by Crippen LogP contribution is 2.30. The van der Waals surface area contributed by atoms with Gasteiger partial charge in [0.2, 0.25) is 0 Å². The second-order valence-electron chi connectivity index (χ2n) is 7.53. The van der Waals surface area contributed by atoms with Crippen LogP contribution in [0.2, 0.25) is 0 Å². The minimum Gasteiger partial charge on any atom is -0.484 e. The molecule has 0 aliphatic heterocycles. The van der Waals surface area contributed by atoms with Gasteiger partial charge >= 0.3 is 5.63 Å². The van der Waals surface area contributed by atoms with Crippen molar-refractivity contribution in [3.05, 3.63) is 98.4 Å². The Bertz CT molecular complexity index is 1420. The predicted molar refractivity (Wildman–Crippen MR) is 125 cm³/mol. The smallest absolute Gasteiger partial charge is 0.336 e. The Labute approximate surface area is 188 Å². The summed E-state index contributed by atoms with van der Waals surface area (Å²) in [6, 6.07) is 17.8. The Balaban J connectivity index is 1.54. The van der Waals surface area contributed by atoms with Crippen LogP contribution in [0.1, 0.15) is 11.1 Å². The number of nitrogens with one attached hydrogen (secondary N) is 1. The number of hydrogen-bond acceptors (Lipinski definition) is 6. The second-order valence-corrected chi connectivity index (χ2v) is 7.53. The van der Waals surface area contributed by atoms with Crippen LogP contribution in [0.4, 0.5) is 11.4 Å². The molecule has 1 heterocycles. The normalized spacial score (nSPS) is 10.7. The number of carbonyl (C=O) groups is 1. The van der Waals surface area contributed by atoms with Crippen LogP contribution >= 0.6 is 0 Å². The van der Waals surface area contributed by atoms with Gasteiger partial charge in [-0.1, -0.05) is 12.1 Å². The number of hydrogen-bond donors (Lipinski definition) is 1. The van der Waals surface area contributed by atoms with E-state index in [0.29, 0.717) is 22.3 Å². The summed E-state index contributed by atoms with van der Waals surface area (Å²) >= 11 is 0. The topological polar surface area (TPSA) is 112 Å². The molecule has 0 spiro atoms. The van der Waals surface area contributed by atoms with Crippen LogP contribution in [-0.4, -0.2) is 17.4 Å². The van der Waals surface area contributed by atoms with Crippen LogP contribution in [0, 0.1) is 24.0 Å². The van der Waals surface area contributed by atoms with Crippen molar-refractivity contribution < 1.29 is 18.9 Å². The molecule has 4 aromatic rings. The first kappa shape index (κ1) is 21.8. The predicted octanol–water partition coefficient (Wildman–Crippen LogP) is 5.00. The van der Waals surface area contributed by atoms with E-state index in [4.69, 9.17) is 9.15 Å². The van der Waals surface area contributed by atoms with Gasteiger partial charge in [0.25, 0.3) is 11.6 Å². The molecular weight excluding hydrogens is 424 g/mol. The van der Waals surface area contributed by atoms with Crippen molar-refractivity contribution >= 4 is 28.3 Å². The van der Waals surface area contributed by atoms with Gasteiger partial charge in [-0.05, 0) is 66.4 Å². The number of non-ortho nitro benzene ring substituents is 1. The van der Waals surface area contributed by atoms with Crippen LogP contribution in [0.5, 0.6) is 5.75 Å². The molecule has 8 heteroatoms. The van der Waals surface area contributed by atoms with Gasteiger partial charge in [-0.2, -0.15) is 0 Å². The molecule has 0 unspecified atom stereocenters. The number of carbonyl (C=O) groups excluding carboxylic acids is 1. The van der Waals surface area contributed by atoms with Crippen LogP contribution in [0.25, 0.3) is 22.1 Å². The Hall–Kier alpha value is -4.46. The zero-order valence-corrected chi connectivity index (χ0v) is 18.0. The molecule has 4 rings (SSSR count). The van der Waals surface area contributed by atoms with Gasteiger partial charge in [-0.15, -0.1) is 0 Å². The summed E-state index contributed by atoms with van der Waals surface area (Å²) in [7, 11) is 0. The molecule has 33 heavy (non-hydrogen) atoms. The summed E-state index contributed by atoms with van der Waals surface area (Å²) in [4.78, 5) is 34.8. The average molecular weight is 444 g/mol. The molecule has 0 fully saturated rings. The van der Waals surface area contributed by atoms with Crippen molar-refractivity contribution in [3.8, 4) is 16.9 Å². The first-order chi connectivity index (χ1) is 15.8. The summed E-state index contributed by atoms with van der Waals surface area (Å²) < 4.78 is 10.9. The molecule has 8 nitrogen and oxygen atoms in total. The zero-order valence-electron chi connectivity index (χ0n) is 18.0. The molecule has 0 radical (unpaired) electrons. The van der Waals surface area contributed by atoms with E-state index in [0.717, 1.165) is 16.8 Å². The molecular formula is C25H20N2O6. The van der Waals surface area contributed by atoms with Crippen molar-refractivity contribution in [3.63, 3.8) is 0 Å². The monoisotopic (exact) mass is 444 g/mol. The maximum Gasteiger partial charge on any atom is 0.336 e. The Kier molecular flexibility index (Phi) is 5.91. The largest absolute Gasteiger partial charge is 0.484 e. The molecule has 3 aromatic carbocycles. The fourth-order valence-corrected chi connectivity index (χ4v) is 3.46. The first-order valence-electron chi connectivity index (χ1n) is 10.1. The second kappa shape index (κ2) is 8.96. The van der Waals surface area contributed by atoms with E-state index in [1.807, 2.05) is 32.0 Å². The third-order valence-electron chi connectivity index (χ3n) is 5.35. The van der Waals surface area contributed by atoms with Crippen LogP contribution < -0.4 is 15.7 Å². The molecule has 0 saturated carbocycles. The number of amides is 1. The number of rotatable bonds is 6. The van der Waals surface area contributed by atoms with Gasteiger partial charge in [0.1, 0.15) is 11.3 Å². The number of aryl methyl sites for hydroxylation is 1. The Morgan fingerprint density at radius 1 is 1.06 bits per heavy atom. The van der Waals surface area contributed by atoms with E-state index >= 15 is 0 Å². The van der Waals surface area contributed by atoms with E-state index in [2.05, 4.69) is 5.32 Å². The fraction of sp³-hybridized carbons (Fsp3) is 0.120. The molecule has 0 aliphatic rings. The summed E-state index contributed by atoms with van der Waals surface area (Å²) in [6.45, 7) is 3.68. The highest BCUT2D eigenvalue weighted by molar-refractivity contribution is 5.94. The van der Waals surface area contributed by atoms with E-state index in [1.54, 1.807) is 24.3 Å². The Morgan fingerprint density at radius 3 is 2.55 bits per heavy atom. The minimum atomic E-state index is -0.569. The fourth-order valence-electron chi connectivity index (χ4n) is 3.46. The zero-order chi connectivity index (χ0) is 23.5. The average Bonchev–Trinajstić information content (AvgIpc) is 2.80. The third kappa shape index (κ3) is 4.74. The number of fused-ring (bicyclic) bond motifs is 1. The Morgan fingerprint density at radius 2 is 1.82 bits per heavy atom. The molecule has 0 atom stereocenters. The van der Waals surface area contributed by atoms with Gasteiger partial charge in [0.05, 0.1) is 4.92 Å². The first-order valence-corrected chi connectivity index (χ1v) is 10.1. The minimum absolute atomic E-state index is 0.0409. The quantitative estimate of drug-likeness (QED) is 0.254. The summed E-state index contributed by atoms with van der Waals surface area (Å²) in [5.41, 5.74) is 3.67. The highest BCUT2D eigenvalue weighted by atomic mass is 16.6. The number of anilines is 1. The lowest BCUT2D eigenvalue weighted by Crippen LogP contribution is -2.20. The third-order valence-corrected chi connectivity index (χ3v) is 5.35. The van der Waals surface area contributed by atoms with Crippen LogP contribution in [-0.2, 0) is 4.79 Å². The van der Waals surface area contributed by atoms with E-state index in [9.17, 15) is 19.7 Å². The lowest BCUT2D eigenvalue weighted by atomic mass is 10.0. The summed E-state index contributed by atoms with van der Waals surface area (Å²) in [6.07, 6.45) is 0. The highest BCUT2D eigenvalue weighted by Gasteiger charge is 2.12. The van der Waals surface area contributed by atoms with Gasteiger partial charge in [0.15, 0.2) is 6.61 Å². The number of nitro groups is 1. The van der Waals surface area contributed by atoms with Gasteiger partial charge in [-0.25, -0.2) is 4.79 Å². The van der Waals surface area contributed by atoms with Gasteiger partial charge < -0.3 is 14.5 Å². The van der Waals surface area contributed by atoms with Gasteiger partial charge in [-0.3, -0.25) is 14.9 Å². The van der Waals surface area contributed by atoms with Crippen molar-refractivity contribution in [1.29, 1.82) is 0 Å². The van der Waals surface area contributed by atoms with Crippen molar-refractivity contribution in [2.45, 2.75) is 13.8 Å². The molecule has 0 bridgehead atoms. The maximum absolute atomic E-state index is 12.3. The van der Waals surface area contributed by atoms with Crippen molar-refractivity contribution in [2.75, 3.05) is 11.9 Å². The SMILES string of the molecule is Cc1cccc(NC(=O)COc2ccc3c(-c4ccc([N+](=O)[O-])cc4)cc(=O)oc3c2)c1C. The molecule has 0 aliphatic carbocycles.